The highest BCUT2D eigenvalue weighted by Gasteiger charge is 2.09. The third kappa shape index (κ3) is 2.75. The van der Waals surface area contributed by atoms with Crippen LogP contribution in [0.5, 0.6) is 0 Å². The first-order chi connectivity index (χ1) is 10.3. The molecule has 0 spiro atoms. The molecule has 3 nitrogen and oxygen atoms in total. The Morgan fingerprint density at radius 2 is 1.86 bits per heavy atom. The smallest absolute Gasteiger partial charge is 0.134 e. The summed E-state index contributed by atoms with van der Waals surface area (Å²) in [6.45, 7) is 2.72. The zero-order chi connectivity index (χ0) is 14.7. The number of anilines is 1. The van der Waals surface area contributed by atoms with E-state index in [1.54, 1.807) is 0 Å². The zero-order valence-corrected chi connectivity index (χ0v) is 11.9. The van der Waals surface area contributed by atoms with Crippen molar-refractivity contribution in [2.45, 2.75) is 19.9 Å². The molecule has 1 aromatic heterocycles. The molecule has 0 unspecified atom stereocenters. The highest BCUT2D eigenvalue weighted by molar-refractivity contribution is 5.82. The largest absolute Gasteiger partial charge is 0.461 e. The Labute approximate surface area is 123 Å². The summed E-state index contributed by atoms with van der Waals surface area (Å²) >= 11 is 0. The van der Waals surface area contributed by atoms with Crippen molar-refractivity contribution in [2.24, 2.45) is 0 Å². The Hall–Kier alpha value is -2.73. The molecule has 21 heavy (non-hydrogen) atoms. The van der Waals surface area contributed by atoms with E-state index in [0.717, 1.165) is 34.5 Å². The maximum atomic E-state index is 8.67. The van der Waals surface area contributed by atoms with Gasteiger partial charge in [0.25, 0.3) is 0 Å². The number of nitrogens with one attached hydrogen (secondary N) is 1. The normalized spacial score (nSPS) is 10.5. The summed E-state index contributed by atoms with van der Waals surface area (Å²) in [5.74, 6) is 0.949. The topological polar surface area (TPSA) is 49.0 Å². The van der Waals surface area contributed by atoms with E-state index in [2.05, 4.69) is 17.5 Å². The zero-order valence-electron chi connectivity index (χ0n) is 11.9. The summed E-state index contributed by atoms with van der Waals surface area (Å²) in [6.07, 6.45) is 0.450. The lowest BCUT2D eigenvalue weighted by Gasteiger charge is -2.06. The molecule has 0 aliphatic carbocycles. The van der Waals surface area contributed by atoms with Crippen LogP contribution >= 0.6 is 0 Å². The first kappa shape index (κ1) is 13.3. The van der Waals surface area contributed by atoms with E-state index < -0.39 is 0 Å². The van der Waals surface area contributed by atoms with Crippen LogP contribution in [-0.2, 0) is 13.0 Å². The summed E-state index contributed by atoms with van der Waals surface area (Å²) in [5.41, 5.74) is 4.19. The first-order valence-electron chi connectivity index (χ1n) is 6.94. The van der Waals surface area contributed by atoms with Gasteiger partial charge in [0.1, 0.15) is 11.3 Å². The van der Waals surface area contributed by atoms with Crippen LogP contribution < -0.4 is 5.32 Å². The second-order valence-corrected chi connectivity index (χ2v) is 5.02. The Morgan fingerprint density at radius 3 is 2.62 bits per heavy atom. The van der Waals surface area contributed by atoms with Gasteiger partial charge in [-0.15, -0.1) is 0 Å². The predicted octanol–water partition coefficient (Wildman–Crippen LogP) is 4.42. The number of benzene rings is 2. The van der Waals surface area contributed by atoms with Crippen molar-refractivity contribution in [3.8, 4) is 6.07 Å². The van der Waals surface area contributed by atoms with Crippen molar-refractivity contribution < 1.29 is 4.42 Å². The first-order valence-corrected chi connectivity index (χ1v) is 6.94. The molecule has 1 heterocycles. The molecule has 0 amide bonds. The molecule has 0 radical (unpaired) electrons. The van der Waals surface area contributed by atoms with Gasteiger partial charge in [0.05, 0.1) is 12.5 Å². The third-order valence-corrected chi connectivity index (χ3v) is 3.61. The van der Waals surface area contributed by atoms with E-state index in [0.29, 0.717) is 6.42 Å². The Kier molecular flexibility index (Phi) is 3.61. The number of para-hydroxylation sites is 1. The molecule has 0 saturated carbocycles. The van der Waals surface area contributed by atoms with Crippen LogP contribution in [0.15, 0.2) is 52.9 Å². The van der Waals surface area contributed by atoms with Crippen molar-refractivity contribution in [3.05, 3.63) is 65.4 Å². The van der Waals surface area contributed by atoms with Gasteiger partial charge < -0.3 is 9.73 Å². The van der Waals surface area contributed by atoms with Crippen LogP contribution in [0.4, 0.5) is 5.69 Å². The van der Waals surface area contributed by atoms with Gasteiger partial charge in [-0.2, -0.15) is 5.26 Å². The summed E-state index contributed by atoms with van der Waals surface area (Å²) in [6, 6.07) is 18.2. The molecule has 3 aromatic rings. The maximum Gasteiger partial charge on any atom is 0.134 e. The van der Waals surface area contributed by atoms with Gasteiger partial charge in [-0.05, 0) is 30.7 Å². The predicted molar refractivity (Wildman–Crippen MR) is 84.0 cm³/mol. The standard InChI is InChI=1S/C18H16N2O/c1-13-17(16-4-2-3-5-18(16)21-13)12-20-15-8-6-14(7-9-15)10-11-19/h2-9,20H,10,12H2,1H3. The fourth-order valence-electron chi connectivity index (χ4n) is 2.46. The van der Waals surface area contributed by atoms with E-state index >= 15 is 0 Å². The minimum atomic E-state index is 0.450. The molecule has 0 bridgehead atoms. The molecule has 3 rings (SSSR count). The molecule has 0 fully saturated rings. The Bertz CT molecular complexity index is 794. The minimum Gasteiger partial charge on any atom is -0.461 e. The number of nitrogens with zero attached hydrogens (tertiary/aromatic N) is 1. The van der Waals surface area contributed by atoms with Crippen molar-refractivity contribution in [2.75, 3.05) is 5.32 Å². The van der Waals surface area contributed by atoms with E-state index in [9.17, 15) is 0 Å². The SMILES string of the molecule is Cc1oc2ccccc2c1CNc1ccc(CC#N)cc1. The average molecular weight is 276 g/mol. The van der Waals surface area contributed by atoms with Gasteiger partial charge in [-0.1, -0.05) is 30.3 Å². The van der Waals surface area contributed by atoms with E-state index in [1.165, 1.54) is 5.56 Å². The minimum absolute atomic E-state index is 0.450. The molecule has 0 atom stereocenters. The molecule has 0 saturated heterocycles. The van der Waals surface area contributed by atoms with E-state index in [-0.39, 0.29) is 0 Å². The van der Waals surface area contributed by atoms with Crippen LogP contribution in [0.1, 0.15) is 16.9 Å². The summed E-state index contributed by atoms with van der Waals surface area (Å²) in [5, 5.41) is 13.2. The Morgan fingerprint density at radius 1 is 1.10 bits per heavy atom. The van der Waals surface area contributed by atoms with Crippen LogP contribution in [0.25, 0.3) is 11.0 Å². The molecule has 0 aliphatic rings. The highest BCUT2D eigenvalue weighted by atomic mass is 16.3. The third-order valence-electron chi connectivity index (χ3n) is 3.61. The lowest BCUT2D eigenvalue weighted by molar-refractivity contribution is 0.573. The number of nitriles is 1. The van der Waals surface area contributed by atoms with Crippen molar-refractivity contribution in [1.82, 2.24) is 0 Å². The van der Waals surface area contributed by atoms with Gasteiger partial charge in [-0.25, -0.2) is 0 Å². The van der Waals surface area contributed by atoms with Gasteiger partial charge >= 0.3 is 0 Å². The Balaban J connectivity index is 1.77. The quantitative estimate of drug-likeness (QED) is 0.767. The fourth-order valence-corrected chi connectivity index (χ4v) is 2.46. The molecule has 2 aromatic carbocycles. The van der Waals surface area contributed by atoms with E-state index in [4.69, 9.17) is 9.68 Å². The number of furan rings is 1. The van der Waals surface area contributed by atoms with Crippen molar-refractivity contribution in [1.29, 1.82) is 5.26 Å². The summed E-state index contributed by atoms with van der Waals surface area (Å²) in [4.78, 5) is 0. The van der Waals surface area contributed by atoms with Crippen LogP contribution in [0, 0.1) is 18.3 Å². The molecule has 104 valence electrons. The van der Waals surface area contributed by atoms with Gasteiger partial charge in [-0.3, -0.25) is 0 Å². The lowest BCUT2D eigenvalue weighted by Crippen LogP contribution is -2.00. The number of fused-ring (bicyclic) bond motifs is 1. The molecule has 1 N–H and O–H groups in total. The van der Waals surface area contributed by atoms with Crippen molar-refractivity contribution in [3.63, 3.8) is 0 Å². The van der Waals surface area contributed by atoms with Crippen LogP contribution in [0.3, 0.4) is 0 Å². The molecular weight excluding hydrogens is 260 g/mol. The number of hydrogen-bond donors (Lipinski definition) is 1. The number of rotatable bonds is 4. The summed E-state index contributed by atoms with van der Waals surface area (Å²) < 4.78 is 5.76. The second-order valence-electron chi connectivity index (χ2n) is 5.02. The van der Waals surface area contributed by atoms with E-state index in [1.807, 2.05) is 49.4 Å². The number of hydrogen-bond acceptors (Lipinski definition) is 3. The van der Waals surface area contributed by atoms with Gasteiger partial charge in [0.15, 0.2) is 0 Å². The fraction of sp³-hybridized carbons (Fsp3) is 0.167. The average Bonchev–Trinajstić information content (AvgIpc) is 2.82. The monoisotopic (exact) mass is 276 g/mol. The number of aryl methyl sites for hydroxylation is 1. The lowest BCUT2D eigenvalue weighted by atomic mass is 10.1. The maximum absolute atomic E-state index is 8.67. The van der Waals surface area contributed by atoms with Gasteiger partial charge in [0, 0.05) is 23.2 Å². The van der Waals surface area contributed by atoms with Gasteiger partial charge in [0.2, 0.25) is 0 Å². The highest BCUT2D eigenvalue weighted by Crippen LogP contribution is 2.26. The molecule has 3 heteroatoms. The molecule has 0 aliphatic heterocycles. The molecular formula is C18H16N2O. The summed E-state index contributed by atoms with van der Waals surface area (Å²) in [7, 11) is 0. The van der Waals surface area contributed by atoms with Crippen LogP contribution in [-0.4, -0.2) is 0 Å². The second kappa shape index (κ2) is 5.72. The van der Waals surface area contributed by atoms with Crippen molar-refractivity contribution >= 4 is 16.7 Å². The van der Waals surface area contributed by atoms with Crippen LogP contribution in [0.2, 0.25) is 0 Å².